The van der Waals surface area contributed by atoms with Crippen molar-refractivity contribution >= 4 is 25.7 Å². The van der Waals surface area contributed by atoms with E-state index in [9.17, 15) is 23.4 Å². The number of nitrogens with zero attached hydrogens (tertiary/aromatic N) is 3. The number of halogens is 1. The molecule has 5 aromatic carbocycles. The van der Waals surface area contributed by atoms with Gasteiger partial charge in [-0.25, -0.2) is 9.18 Å². The molecule has 1 aromatic heterocycles. The van der Waals surface area contributed by atoms with Crippen LogP contribution in [0, 0.1) is 5.82 Å². The second-order valence-electron chi connectivity index (χ2n) is 15.6. The molecule has 17 heteroatoms. The first-order valence-corrected chi connectivity index (χ1v) is 22.3. The van der Waals surface area contributed by atoms with E-state index < -0.39 is 55.8 Å². The van der Waals surface area contributed by atoms with Crippen molar-refractivity contribution in [2.75, 3.05) is 51.2 Å². The van der Waals surface area contributed by atoms with Crippen LogP contribution < -0.4 is 25.4 Å². The number of para-hydroxylation sites is 1. The number of rotatable bonds is 17. The van der Waals surface area contributed by atoms with Crippen molar-refractivity contribution < 1.29 is 51.6 Å². The smallest absolute Gasteiger partial charge is 0.497 e. The number of methoxy groups -OCH3 is 3. The van der Waals surface area contributed by atoms with Gasteiger partial charge in [0.25, 0.3) is 5.91 Å². The normalized spacial score (nSPS) is 19.5. The lowest BCUT2D eigenvalue weighted by Crippen LogP contribution is -2.52. The van der Waals surface area contributed by atoms with E-state index in [0.29, 0.717) is 47.0 Å². The Morgan fingerprint density at radius 1 is 0.818 bits per heavy atom. The lowest BCUT2D eigenvalue weighted by molar-refractivity contribution is -0.275. The SMILES string of the molecule is COc1ccc(C(OC[C@H]2O[C@@H](n3ccc(NC(=O)c4ccccc4)nc3=O)[C@H](OC3(OC)CCN(c4ccccc4F)CC3)[C@@H]2O[P+](=O)O)(c2ccccc2)c2ccc(OC)cc2)cc1. The largest absolute Gasteiger partial charge is 0.695 e. The number of amides is 1. The molecular formula is C49H49FN4O11P+. The predicted octanol–water partition coefficient (Wildman–Crippen LogP) is 7.62. The van der Waals surface area contributed by atoms with Crippen LogP contribution in [-0.2, 0) is 33.6 Å². The molecule has 66 heavy (non-hydrogen) atoms. The summed E-state index contributed by atoms with van der Waals surface area (Å²) >= 11 is 0. The first-order valence-electron chi connectivity index (χ1n) is 21.2. The van der Waals surface area contributed by atoms with E-state index in [1.165, 1.54) is 30.0 Å². The summed E-state index contributed by atoms with van der Waals surface area (Å²) in [7, 11) is 1.33. The summed E-state index contributed by atoms with van der Waals surface area (Å²) in [6.07, 6.45) is -3.34. The van der Waals surface area contributed by atoms with Crippen molar-refractivity contribution in [2.45, 2.75) is 48.8 Å². The zero-order valence-corrected chi connectivity index (χ0v) is 37.3. The second-order valence-corrected chi connectivity index (χ2v) is 16.3. The van der Waals surface area contributed by atoms with Crippen LogP contribution in [0.1, 0.15) is 46.1 Å². The number of carbonyl (C=O) groups excluding carboxylic acids is 1. The summed E-state index contributed by atoms with van der Waals surface area (Å²) in [5, 5.41) is 2.65. The van der Waals surface area contributed by atoms with Crippen molar-refractivity contribution in [2.24, 2.45) is 0 Å². The molecule has 0 radical (unpaired) electrons. The van der Waals surface area contributed by atoms with Gasteiger partial charge in [-0.05, 0) is 71.3 Å². The first kappa shape index (κ1) is 46.2. The van der Waals surface area contributed by atoms with E-state index in [-0.39, 0.29) is 31.1 Å². The quantitative estimate of drug-likeness (QED) is 0.0521. The molecule has 0 aliphatic carbocycles. The number of hydrogen-bond donors (Lipinski definition) is 2. The van der Waals surface area contributed by atoms with Gasteiger partial charge in [-0.15, -0.1) is 9.42 Å². The van der Waals surface area contributed by atoms with Gasteiger partial charge in [0, 0.05) is 49.4 Å². The maximum absolute atomic E-state index is 14.9. The molecule has 2 aliphatic rings. The van der Waals surface area contributed by atoms with Gasteiger partial charge in [0.05, 0.1) is 26.5 Å². The zero-order chi connectivity index (χ0) is 46.3. The highest BCUT2D eigenvalue weighted by molar-refractivity contribution is 7.32. The fourth-order valence-electron chi connectivity index (χ4n) is 8.57. The molecule has 342 valence electrons. The number of ether oxygens (including phenoxy) is 6. The molecule has 2 fully saturated rings. The third kappa shape index (κ3) is 9.76. The molecule has 0 saturated carbocycles. The highest BCUT2D eigenvalue weighted by Crippen LogP contribution is 2.46. The number of benzene rings is 5. The van der Waals surface area contributed by atoms with Crippen LogP contribution in [0.4, 0.5) is 15.9 Å². The summed E-state index contributed by atoms with van der Waals surface area (Å²) in [5.74, 6) is -0.986. The van der Waals surface area contributed by atoms with Crippen LogP contribution in [-0.4, -0.2) is 85.5 Å². The van der Waals surface area contributed by atoms with Crippen molar-refractivity contribution in [3.63, 3.8) is 0 Å². The molecular weight excluding hydrogens is 871 g/mol. The third-order valence-corrected chi connectivity index (χ3v) is 12.4. The van der Waals surface area contributed by atoms with Crippen molar-refractivity contribution in [3.05, 3.63) is 184 Å². The number of anilines is 2. The lowest BCUT2D eigenvalue weighted by Gasteiger charge is -2.43. The molecule has 8 rings (SSSR count). The van der Waals surface area contributed by atoms with Crippen LogP contribution in [0.5, 0.6) is 11.5 Å². The van der Waals surface area contributed by atoms with Crippen molar-refractivity contribution in [1.82, 2.24) is 9.55 Å². The van der Waals surface area contributed by atoms with Crippen LogP contribution in [0.2, 0.25) is 0 Å². The summed E-state index contributed by atoms with van der Waals surface area (Å²) < 4.78 is 72.7. The zero-order valence-electron chi connectivity index (χ0n) is 36.4. The minimum absolute atomic E-state index is 0.0211. The second kappa shape index (κ2) is 20.4. The number of nitrogens with one attached hydrogen (secondary N) is 1. The van der Waals surface area contributed by atoms with Gasteiger partial charge >= 0.3 is 13.9 Å². The summed E-state index contributed by atoms with van der Waals surface area (Å²) in [4.78, 5) is 43.6. The summed E-state index contributed by atoms with van der Waals surface area (Å²) in [6.45, 7) is 0.353. The Balaban J connectivity index is 1.18. The first-order chi connectivity index (χ1) is 32.1. The fourth-order valence-corrected chi connectivity index (χ4v) is 9.04. The molecule has 2 aliphatic heterocycles. The Morgan fingerprint density at radius 3 is 1.95 bits per heavy atom. The number of piperidine rings is 1. The molecule has 0 bridgehead atoms. The van der Waals surface area contributed by atoms with Gasteiger partial charge in [-0.3, -0.25) is 9.36 Å². The molecule has 1 amide bonds. The molecule has 5 atom stereocenters. The maximum Gasteiger partial charge on any atom is 0.695 e. The molecule has 2 saturated heterocycles. The van der Waals surface area contributed by atoms with E-state index in [0.717, 1.165) is 5.56 Å². The average Bonchev–Trinajstić information content (AvgIpc) is 3.67. The Labute approximate surface area is 381 Å². The van der Waals surface area contributed by atoms with Gasteiger partial charge in [0.1, 0.15) is 40.9 Å². The van der Waals surface area contributed by atoms with Crippen molar-refractivity contribution in [3.8, 4) is 11.5 Å². The lowest BCUT2D eigenvalue weighted by atomic mass is 9.80. The standard InChI is InChI=1S/C49H48FN4O11P/c1-59-37-22-18-35(19-23-37)49(34-14-8-5-9-15-34,36-20-24-38(60-2)25-21-36)62-32-41-43(65-66(57)58)44(64-48(61-3)27-30-53(31-28-48)40-17-11-10-16-39(40)50)46(63-41)54-29-26-42(52-47(54)56)51-45(55)33-12-6-4-7-13-33/h4-26,29,41,43-44,46H,27-28,30-32H2,1-3H3,(H-,51,52,55,56,57,58)/p+1/t41-,43-,44-,46-/m1/s1. The predicted molar refractivity (Wildman–Crippen MR) is 242 cm³/mol. The third-order valence-electron chi connectivity index (χ3n) is 12.0. The number of aromatic nitrogens is 2. The van der Waals surface area contributed by atoms with Gasteiger partial charge in [-0.1, -0.05) is 84.9 Å². The van der Waals surface area contributed by atoms with Crippen LogP contribution in [0.25, 0.3) is 0 Å². The average molecular weight is 920 g/mol. The van der Waals surface area contributed by atoms with Gasteiger partial charge < -0.3 is 38.6 Å². The molecule has 6 aromatic rings. The van der Waals surface area contributed by atoms with E-state index in [2.05, 4.69) is 10.3 Å². The summed E-state index contributed by atoms with van der Waals surface area (Å²) in [6, 6.07) is 40.7. The van der Waals surface area contributed by atoms with Gasteiger partial charge in [0.15, 0.2) is 18.1 Å². The minimum Gasteiger partial charge on any atom is -0.497 e. The van der Waals surface area contributed by atoms with Crippen molar-refractivity contribution in [1.29, 1.82) is 0 Å². The molecule has 2 N–H and O–H groups in total. The Bertz CT molecular complexity index is 2600. The molecule has 15 nitrogen and oxygen atoms in total. The van der Waals surface area contributed by atoms with Gasteiger partial charge in [-0.2, -0.15) is 4.98 Å². The Morgan fingerprint density at radius 2 is 1.39 bits per heavy atom. The maximum atomic E-state index is 14.9. The van der Waals surface area contributed by atoms with E-state index in [1.807, 2.05) is 83.8 Å². The highest BCUT2D eigenvalue weighted by Gasteiger charge is 2.56. The van der Waals surface area contributed by atoms with E-state index >= 15 is 0 Å². The Kier molecular flexibility index (Phi) is 14.3. The number of hydrogen-bond acceptors (Lipinski definition) is 12. The fraction of sp³-hybridized carbons (Fsp3) is 0.286. The minimum atomic E-state index is -3.30. The molecule has 1 unspecified atom stereocenters. The monoisotopic (exact) mass is 919 g/mol. The molecule has 3 heterocycles. The van der Waals surface area contributed by atoms with Crippen LogP contribution >= 0.6 is 8.25 Å². The topological polar surface area (TPSA) is 169 Å². The van der Waals surface area contributed by atoms with Crippen LogP contribution in [0.15, 0.2) is 151 Å². The van der Waals surface area contributed by atoms with E-state index in [4.69, 9.17) is 32.9 Å². The Hall–Kier alpha value is -6.36. The van der Waals surface area contributed by atoms with E-state index in [1.54, 1.807) is 62.8 Å². The van der Waals surface area contributed by atoms with Gasteiger partial charge in [0.2, 0.25) is 0 Å². The highest BCUT2D eigenvalue weighted by atomic mass is 31.1. The number of carbonyl (C=O) groups is 1. The molecule has 0 spiro atoms. The summed E-state index contributed by atoms with van der Waals surface area (Å²) in [5.41, 5.74) is 0.772. The van der Waals surface area contributed by atoms with Crippen LogP contribution in [0.3, 0.4) is 0 Å².